The molecule has 0 bridgehead atoms. The Morgan fingerprint density at radius 1 is 1.47 bits per heavy atom. The van der Waals surface area contributed by atoms with Crippen LogP contribution in [0, 0.1) is 12.5 Å². The molecule has 0 radical (unpaired) electrons. The molecule has 78 valence electrons. The number of ether oxygens (including phenoxy) is 1. The monoisotopic (exact) mass is 203 g/mol. The molecule has 0 saturated heterocycles. The van der Waals surface area contributed by atoms with Gasteiger partial charge in [-0.05, 0) is 12.0 Å². The maximum atomic E-state index is 11.2. The number of carbonyl (C=O) groups is 1. The van der Waals surface area contributed by atoms with Crippen LogP contribution in [0.3, 0.4) is 0 Å². The molecule has 3 nitrogen and oxygen atoms in total. The van der Waals surface area contributed by atoms with Crippen molar-refractivity contribution in [3.05, 3.63) is 41.2 Å². The van der Waals surface area contributed by atoms with Gasteiger partial charge in [-0.15, -0.1) is 0 Å². The van der Waals surface area contributed by atoms with Crippen molar-refractivity contribution in [1.82, 2.24) is 0 Å². The summed E-state index contributed by atoms with van der Waals surface area (Å²) in [5, 5.41) is 0. The number of hydrogen-bond donors (Lipinski definition) is 0. The van der Waals surface area contributed by atoms with Gasteiger partial charge < -0.3 is 4.74 Å². The van der Waals surface area contributed by atoms with Crippen LogP contribution < -0.4 is 0 Å². The minimum atomic E-state index is -0.204. The number of rotatable bonds is 3. The first-order valence-corrected chi connectivity index (χ1v) is 4.71. The van der Waals surface area contributed by atoms with Gasteiger partial charge in [0.1, 0.15) is 0 Å². The molecule has 0 aliphatic heterocycles. The first-order valence-electron chi connectivity index (χ1n) is 4.71. The average Bonchev–Trinajstić information content (AvgIpc) is 2.29. The van der Waals surface area contributed by atoms with Gasteiger partial charge in [0.25, 0.3) is 0 Å². The summed E-state index contributed by atoms with van der Waals surface area (Å²) in [5.41, 5.74) is 1.66. The van der Waals surface area contributed by atoms with Crippen LogP contribution in [-0.4, -0.2) is 13.1 Å². The number of hydrogen-bond acceptors (Lipinski definition) is 2. The predicted molar refractivity (Wildman–Crippen MR) is 57.6 cm³/mol. The molecule has 0 aliphatic rings. The van der Waals surface area contributed by atoms with Gasteiger partial charge in [0.2, 0.25) is 0 Å². The molecule has 0 aromatic heterocycles. The van der Waals surface area contributed by atoms with Crippen LogP contribution in [0.15, 0.2) is 24.3 Å². The molecule has 0 heterocycles. The normalized spacial score (nSPS) is 11.5. The zero-order valence-electron chi connectivity index (χ0n) is 8.86. The van der Waals surface area contributed by atoms with E-state index in [0.29, 0.717) is 12.1 Å². The van der Waals surface area contributed by atoms with Gasteiger partial charge in [-0.3, -0.25) is 4.79 Å². The maximum Gasteiger partial charge on any atom is 0.308 e. The van der Waals surface area contributed by atoms with Crippen LogP contribution in [0.25, 0.3) is 4.85 Å². The molecule has 0 spiro atoms. The fourth-order valence-corrected chi connectivity index (χ4v) is 1.34. The van der Waals surface area contributed by atoms with E-state index in [1.165, 1.54) is 7.11 Å². The van der Waals surface area contributed by atoms with E-state index in [0.717, 1.165) is 5.56 Å². The summed E-state index contributed by atoms with van der Waals surface area (Å²) in [4.78, 5) is 14.5. The molecule has 15 heavy (non-hydrogen) atoms. The first-order chi connectivity index (χ1) is 7.17. The second kappa shape index (κ2) is 5.16. The molecule has 0 N–H and O–H groups in total. The number of carbonyl (C=O) groups excluding carboxylic acids is 1. The van der Waals surface area contributed by atoms with Gasteiger partial charge >= 0.3 is 5.97 Å². The first kappa shape index (κ1) is 11.3. The van der Waals surface area contributed by atoms with E-state index in [1.807, 2.05) is 19.1 Å². The van der Waals surface area contributed by atoms with E-state index in [4.69, 9.17) is 6.57 Å². The van der Waals surface area contributed by atoms with Crippen LogP contribution in [0.1, 0.15) is 12.5 Å². The lowest BCUT2D eigenvalue weighted by molar-refractivity contribution is -0.144. The largest absolute Gasteiger partial charge is 0.469 e. The third-order valence-corrected chi connectivity index (χ3v) is 2.21. The quantitative estimate of drug-likeness (QED) is 0.558. The van der Waals surface area contributed by atoms with E-state index < -0.39 is 0 Å². The summed E-state index contributed by atoms with van der Waals surface area (Å²) in [6, 6.07) is 7.25. The second-order valence-electron chi connectivity index (χ2n) is 3.41. The standard InChI is InChI=1S/C12H13NO2/c1-9(12(14)15-3)8-10-4-6-11(13-2)7-5-10/h4-7,9H,8H2,1,3H3. The van der Waals surface area contributed by atoms with E-state index in [2.05, 4.69) is 9.58 Å². The summed E-state index contributed by atoms with van der Waals surface area (Å²) < 4.78 is 4.64. The summed E-state index contributed by atoms with van der Waals surface area (Å²) >= 11 is 0. The van der Waals surface area contributed by atoms with Crippen molar-refractivity contribution in [3.8, 4) is 0 Å². The molecule has 0 amide bonds. The van der Waals surface area contributed by atoms with Gasteiger partial charge in [-0.1, -0.05) is 31.2 Å². The highest BCUT2D eigenvalue weighted by Crippen LogP contribution is 2.15. The second-order valence-corrected chi connectivity index (χ2v) is 3.41. The molecule has 1 unspecified atom stereocenters. The van der Waals surface area contributed by atoms with Crippen molar-refractivity contribution >= 4 is 11.7 Å². The van der Waals surface area contributed by atoms with Crippen LogP contribution in [0.4, 0.5) is 5.69 Å². The SMILES string of the molecule is [C-]#[N+]c1ccc(CC(C)C(=O)OC)cc1. The van der Waals surface area contributed by atoms with Gasteiger partial charge in [-0.2, -0.15) is 0 Å². The zero-order chi connectivity index (χ0) is 11.3. The molecule has 1 aromatic carbocycles. The van der Waals surface area contributed by atoms with E-state index in [-0.39, 0.29) is 11.9 Å². The fraction of sp³-hybridized carbons (Fsp3) is 0.333. The molecular formula is C12H13NO2. The summed E-state index contributed by atoms with van der Waals surface area (Å²) in [6.07, 6.45) is 0.644. The Balaban J connectivity index is 2.66. The van der Waals surface area contributed by atoms with Crippen molar-refractivity contribution in [2.24, 2.45) is 5.92 Å². The van der Waals surface area contributed by atoms with Gasteiger partial charge in [0, 0.05) is 0 Å². The van der Waals surface area contributed by atoms with Gasteiger partial charge in [0.05, 0.1) is 19.6 Å². The molecule has 0 saturated carbocycles. The molecule has 3 heteroatoms. The minimum absolute atomic E-state index is 0.145. The van der Waals surface area contributed by atoms with E-state index in [1.54, 1.807) is 12.1 Å². The highest BCUT2D eigenvalue weighted by Gasteiger charge is 2.13. The van der Waals surface area contributed by atoms with Crippen molar-refractivity contribution < 1.29 is 9.53 Å². The zero-order valence-corrected chi connectivity index (χ0v) is 8.86. The van der Waals surface area contributed by atoms with Crippen LogP contribution in [0.2, 0.25) is 0 Å². The topological polar surface area (TPSA) is 30.7 Å². The smallest absolute Gasteiger partial charge is 0.308 e. The van der Waals surface area contributed by atoms with Crippen LogP contribution in [0.5, 0.6) is 0 Å². The Morgan fingerprint density at radius 2 is 2.07 bits per heavy atom. The molecular weight excluding hydrogens is 190 g/mol. The fourth-order valence-electron chi connectivity index (χ4n) is 1.34. The maximum absolute atomic E-state index is 11.2. The predicted octanol–water partition coefficient (Wildman–Crippen LogP) is 2.59. The highest BCUT2D eigenvalue weighted by molar-refractivity contribution is 5.72. The Bertz CT molecular complexity index is 376. The average molecular weight is 203 g/mol. The van der Waals surface area contributed by atoms with Gasteiger partial charge in [0.15, 0.2) is 5.69 Å². The summed E-state index contributed by atoms with van der Waals surface area (Å²) in [5.74, 6) is -0.349. The molecule has 1 rings (SSSR count). The molecule has 0 fully saturated rings. The van der Waals surface area contributed by atoms with E-state index >= 15 is 0 Å². The van der Waals surface area contributed by atoms with Gasteiger partial charge in [-0.25, -0.2) is 4.85 Å². The lowest BCUT2D eigenvalue weighted by atomic mass is 10.0. The van der Waals surface area contributed by atoms with Crippen molar-refractivity contribution in [2.45, 2.75) is 13.3 Å². The lowest BCUT2D eigenvalue weighted by Crippen LogP contribution is -2.14. The Labute approximate surface area is 89.5 Å². The minimum Gasteiger partial charge on any atom is -0.469 e. The third kappa shape index (κ3) is 3.10. The van der Waals surface area contributed by atoms with Crippen molar-refractivity contribution in [1.29, 1.82) is 0 Å². The van der Waals surface area contributed by atoms with Crippen LogP contribution in [-0.2, 0) is 16.0 Å². The van der Waals surface area contributed by atoms with Crippen LogP contribution >= 0.6 is 0 Å². The Kier molecular flexibility index (Phi) is 3.87. The van der Waals surface area contributed by atoms with Crippen molar-refractivity contribution in [3.63, 3.8) is 0 Å². The Hall–Kier alpha value is -1.82. The molecule has 1 aromatic rings. The number of benzene rings is 1. The molecule has 0 aliphatic carbocycles. The summed E-state index contributed by atoms with van der Waals surface area (Å²) in [7, 11) is 1.39. The van der Waals surface area contributed by atoms with E-state index in [9.17, 15) is 4.79 Å². The summed E-state index contributed by atoms with van der Waals surface area (Å²) in [6.45, 7) is 8.63. The highest BCUT2D eigenvalue weighted by atomic mass is 16.5. The number of methoxy groups -OCH3 is 1. The van der Waals surface area contributed by atoms with Crippen molar-refractivity contribution in [2.75, 3.05) is 7.11 Å². The molecule has 1 atom stereocenters. The third-order valence-electron chi connectivity index (χ3n) is 2.21. The number of nitrogens with zero attached hydrogens (tertiary/aromatic N) is 1. The number of esters is 1. The Morgan fingerprint density at radius 3 is 2.53 bits per heavy atom. The lowest BCUT2D eigenvalue weighted by Gasteiger charge is -2.08.